The molecule has 1 aromatic carbocycles. The van der Waals surface area contributed by atoms with Gasteiger partial charge in [-0.2, -0.15) is 0 Å². The number of nitrogens with one attached hydrogen (secondary N) is 1. The van der Waals surface area contributed by atoms with Gasteiger partial charge in [0, 0.05) is 30.0 Å². The summed E-state index contributed by atoms with van der Waals surface area (Å²) in [6.07, 6.45) is 2.55. The highest BCUT2D eigenvalue weighted by Gasteiger charge is 2.33. The minimum absolute atomic E-state index is 0.0192. The van der Waals surface area contributed by atoms with Gasteiger partial charge in [0.15, 0.2) is 0 Å². The molecule has 3 rings (SSSR count). The van der Waals surface area contributed by atoms with Crippen LogP contribution in [0.25, 0.3) is 10.1 Å². The lowest BCUT2D eigenvalue weighted by atomic mass is 10.1. The Morgan fingerprint density at radius 2 is 2.13 bits per heavy atom. The summed E-state index contributed by atoms with van der Waals surface area (Å²) in [7, 11) is 5.85. The van der Waals surface area contributed by atoms with Crippen molar-refractivity contribution in [3.05, 3.63) is 34.7 Å². The third-order valence-electron chi connectivity index (χ3n) is 4.49. The van der Waals surface area contributed by atoms with Gasteiger partial charge in [0.05, 0.1) is 11.5 Å². The molecular weight excluding hydrogens is 308 g/mol. The Balaban J connectivity index is 1.78. The number of likely N-dealkylation sites (N-methyl/N-ethyl adjacent to an activating group) is 1. The minimum atomic E-state index is 0.0192. The SMILES string of the molecule is COCc1c(C(=O)NC[C@@H](C2CC2)N(C)C)sc2ccccc12. The van der Waals surface area contributed by atoms with Crippen LogP contribution in [-0.4, -0.2) is 44.6 Å². The molecule has 0 bridgehead atoms. The predicted molar refractivity (Wildman–Crippen MR) is 95.1 cm³/mol. The number of hydrogen-bond donors (Lipinski definition) is 1. The van der Waals surface area contributed by atoms with E-state index in [1.54, 1.807) is 18.4 Å². The van der Waals surface area contributed by atoms with Crippen molar-refractivity contribution in [1.82, 2.24) is 10.2 Å². The molecule has 5 heteroatoms. The van der Waals surface area contributed by atoms with Gasteiger partial charge in [-0.15, -0.1) is 11.3 Å². The molecule has 1 atom stereocenters. The highest BCUT2D eigenvalue weighted by molar-refractivity contribution is 7.21. The van der Waals surface area contributed by atoms with Gasteiger partial charge in [0.2, 0.25) is 0 Å². The number of amides is 1. The van der Waals surface area contributed by atoms with Crippen LogP contribution in [0.1, 0.15) is 28.1 Å². The molecule has 2 aromatic rings. The minimum Gasteiger partial charge on any atom is -0.380 e. The summed E-state index contributed by atoms with van der Waals surface area (Å²) in [4.78, 5) is 15.7. The number of benzene rings is 1. The molecule has 1 N–H and O–H groups in total. The van der Waals surface area contributed by atoms with Crippen LogP contribution in [0.3, 0.4) is 0 Å². The zero-order chi connectivity index (χ0) is 16.4. The van der Waals surface area contributed by atoms with E-state index in [-0.39, 0.29) is 5.91 Å². The molecule has 0 aliphatic heterocycles. The third kappa shape index (κ3) is 3.57. The van der Waals surface area contributed by atoms with E-state index in [9.17, 15) is 4.79 Å². The van der Waals surface area contributed by atoms with Crippen LogP contribution in [0.4, 0.5) is 0 Å². The van der Waals surface area contributed by atoms with Crippen LogP contribution in [0.15, 0.2) is 24.3 Å². The van der Waals surface area contributed by atoms with Gasteiger partial charge in [-0.3, -0.25) is 4.79 Å². The fourth-order valence-electron chi connectivity index (χ4n) is 3.10. The number of nitrogens with zero attached hydrogens (tertiary/aromatic N) is 1. The average molecular weight is 332 g/mol. The van der Waals surface area contributed by atoms with E-state index in [4.69, 9.17) is 4.74 Å². The highest BCUT2D eigenvalue weighted by Crippen LogP contribution is 2.35. The maximum absolute atomic E-state index is 12.7. The van der Waals surface area contributed by atoms with Crippen molar-refractivity contribution in [2.24, 2.45) is 5.92 Å². The van der Waals surface area contributed by atoms with Gasteiger partial charge >= 0.3 is 0 Å². The Labute approximate surface area is 141 Å². The van der Waals surface area contributed by atoms with Crippen molar-refractivity contribution in [3.8, 4) is 0 Å². The molecular formula is C18H24N2O2S. The molecule has 1 fully saturated rings. The number of carbonyl (C=O) groups excluding carboxylic acids is 1. The van der Waals surface area contributed by atoms with E-state index < -0.39 is 0 Å². The molecule has 4 nitrogen and oxygen atoms in total. The summed E-state index contributed by atoms with van der Waals surface area (Å²) in [6, 6.07) is 8.56. The van der Waals surface area contributed by atoms with Gasteiger partial charge < -0.3 is 15.0 Å². The number of rotatable bonds is 7. The van der Waals surface area contributed by atoms with Crippen LogP contribution in [0.5, 0.6) is 0 Å². The van der Waals surface area contributed by atoms with E-state index >= 15 is 0 Å². The first-order valence-electron chi connectivity index (χ1n) is 8.05. The lowest BCUT2D eigenvalue weighted by molar-refractivity contribution is 0.0939. The zero-order valence-electron chi connectivity index (χ0n) is 14.0. The number of thiophene rings is 1. The van der Waals surface area contributed by atoms with Gasteiger partial charge in [-0.05, 0) is 44.3 Å². The van der Waals surface area contributed by atoms with Crippen LogP contribution in [0, 0.1) is 5.92 Å². The fourth-order valence-corrected chi connectivity index (χ4v) is 4.22. The second-order valence-corrected chi connectivity index (χ2v) is 7.47. The van der Waals surface area contributed by atoms with Crippen LogP contribution < -0.4 is 5.32 Å². The van der Waals surface area contributed by atoms with Crippen molar-refractivity contribution >= 4 is 27.3 Å². The number of hydrogen-bond acceptors (Lipinski definition) is 4. The van der Waals surface area contributed by atoms with E-state index in [2.05, 4.69) is 36.4 Å². The van der Waals surface area contributed by atoms with Crippen molar-refractivity contribution in [2.45, 2.75) is 25.5 Å². The summed E-state index contributed by atoms with van der Waals surface area (Å²) in [5, 5.41) is 4.26. The Bertz CT molecular complexity index is 689. The van der Waals surface area contributed by atoms with Crippen molar-refractivity contribution in [1.29, 1.82) is 0 Å². The van der Waals surface area contributed by atoms with Gasteiger partial charge in [0.1, 0.15) is 0 Å². The first-order valence-corrected chi connectivity index (χ1v) is 8.87. The Hall–Kier alpha value is -1.43. The summed E-state index contributed by atoms with van der Waals surface area (Å²) in [5.41, 5.74) is 0.999. The highest BCUT2D eigenvalue weighted by atomic mass is 32.1. The average Bonchev–Trinajstić information content (AvgIpc) is 3.29. The maximum atomic E-state index is 12.7. The molecule has 0 saturated heterocycles. The first-order chi connectivity index (χ1) is 11.1. The van der Waals surface area contributed by atoms with E-state index in [0.29, 0.717) is 19.2 Å². The molecule has 23 heavy (non-hydrogen) atoms. The molecule has 1 heterocycles. The second kappa shape index (κ2) is 6.99. The summed E-state index contributed by atoms with van der Waals surface area (Å²) >= 11 is 1.55. The normalized spacial score (nSPS) is 16.0. The maximum Gasteiger partial charge on any atom is 0.261 e. The summed E-state index contributed by atoms with van der Waals surface area (Å²) < 4.78 is 6.45. The quantitative estimate of drug-likeness (QED) is 0.847. The van der Waals surface area contributed by atoms with Gasteiger partial charge in [0.25, 0.3) is 5.91 Å². The molecule has 1 aliphatic carbocycles. The molecule has 1 aromatic heterocycles. The van der Waals surface area contributed by atoms with Crippen molar-refractivity contribution < 1.29 is 9.53 Å². The predicted octanol–water partition coefficient (Wildman–Crippen LogP) is 3.12. The number of carbonyl (C=O) groups is 1. The van der Waals surface area contributed by atoms with Crippen LogP contribution in [-0.2, 0) is 11.3 Å². The zero-order valence-corrected chi connectivity index (χ0v) is 14.8. The van der Waals surface area contributed by atoms with E-state index in [0.717, 1.165) is 26.4 Å². The standard InChI is InChI=1S/C18H24N2O2S/c1-20(2)15(12-8-9-12)10-19-18(21)17-14(11-22-3)13-6-4-5-7-16(13)23-17/h4-7,12,15H,8-11H2,1-3H3,(H,19,21)/t15-/m0/s1. The molecule has 0 radical (unpaired) electrons. The second-order valence-electron chi connectivity index (χ2n) is 6.42. The lowest BCUT2D eigenvalue weighted by Gasteiger charge is -2.24. The topological polar surface area (TPSA) is 41.6 Å². The van der Waals surface area contributed by atoms with Crippen LogP contribution >= 0.6 is 11.3 Å². The third-order valence-corrected chi connectivity index (χ3v) is 5.71. The van der Waals surface area contributed by atoms with E-state index in [1.165, 1.54) is 12.8 Å². The summed E-state index contributed by atoms with van der Waals surface area (Å²) in [5.74, 6) is 0.747. The molecule has 1 amide bonds. The molecule has 1 aliphatic rings. The Morgan fingerprint density at radius 3 is 2.78 bits per heavy atom. The van der Waals surface area contributed by atoms with Gasteiger partial charge in [-0.1, -0.05) is 18.2 Å². The van der Waals surface area contributed by atoms with Crippen molar-refractivity contribution in [2.75, 3.05) is 27.7 Å². The molecule has 1 saturated carbocycles. The Morgan fingerprint density at radius 1 is 1.39 bits per heavy atom. The van der Waals surface area contributed by atoms with Crippen LogP contribution in [0.2, 0.25) is 0 Å². The lowest BCUT2D eigenvalue weighted by Crippen LogP contribution is -2.41. The van der Waals surface area contributed by atoms with Gasteiger partial charge in [-0.25, -0.2) is 0 Å². The molecule has 124 valence electrons. The number of ether oxygens (including phenoxy) is 1. The smallest absolute Gasteiger partial charge is 0.261 e. The number of fused-ring (bicyclic) bond motifs is 1. The monoisotopic (exact) mass is 332 g/mol. The first kappa shape index (κ1) is 16.4. The summed E-state index contributed by atoms with van der Waals surface area (Å²) in [6.45, 7) is 1.17. The molecule has 0 spiro atoms. The van der Waals surface area contributed by atoms with Crippen molar-refractivity contribution in [3.63, 3.8) is 0 Å². The fraction of sp³-hybridized carbons (Fsp3) is 0.500. The Kier molecular flexibility index (Phi) is 4.99. The number of methoxy groups -OCH3 is 1. The largest absolute Gasteiger partial charge is 0.380 e. The molecule has 0 unspecified atom stereocenters. The van der Waals surface area contributed by atoms with E-state index in [1.807, 2.05) is 12.1 Å².